The summed E-state index contributed by atoms with van der Waals surface area (Å²) in [6.45, 7) is 0. The van der Waals surface area contributed by atoms with Crippen molar-refractivity contribution in [2.75, 3.05) is 7.11 Å². The van der Waals surface area contributed by atoms with Crippen LogP contribution in [0.5, 0.6) is 5.75 Å². The van der Waals surface area contributed by atoms with Gasteiger partial charge in [-0.2, -0.15) is 10.1 Å². The fourth-order valence-corrected chi connectivity index (χ4v) is 1.84. The van der Waals surface area contributed by atoms with Crippen molar-refractivity contribution >= 4 is 22.6 Å². The molecule has 0 unspecified atom stereocenters. The van der Waals surface area contributed by atoms with Crippen LogP contribution in [0.1, 0.15) is 0 Å². The minimum absolute atomic E-state index is 0.206. The largest absolute Gasteiger partial charge is 0.497 e. The van der Waals surface area contributed by atoms with Crippen LogP contribution in [0.15, 0.2) is 36.7 Å². The molecule has 0 atom stereocenters. The normalized spacial score (nSPS) is 10.8. The number of halogens is 1. The maximum absolute atomic E-state index is 5.80. The number of hydrogen-bond donors (Lipinski definition) is 0. The third-order valence-electron chi connectivity index (χ3n) is 2.60. The van der Waals surface area contributed by atoms with Crippen LogP contribution in [-0.2, 0) is 0 Å². The molecule has 0 aliphatic rings. The van der Waals surface area contributed by atoms with Crippen molar-refractivity contribution in [3.63, 3.8) is 0 Å². The molecule has 2 aromatic heterocycles. The second kappa shape index (κ2) is 4.27. The Morgan fingerprint density at radius 3 is 2.67 bits per heavy atom. The van der Waals surface area contributed by atoms with Crippen molar-refractivity contribution in [2.24, 2.45) is 0 Å². The van der Waals surface area contributed by atoms with Gasteiger partial charge >= 0.3 is 0 Å². The van der Waals surface area contributed by atoms with E-state index in [2.05, 4.69) is 15.1 Å². The van der Waals surface area contributed by atoms with Crippen molar-refractivity contribution < 1.29 is 4.74 Å². The summed E-state index contributed by atoms with van der Waals surface area (Å²) in [5.74, 6) is 0.794. The van der Waals surface area contributed by atoms with Gasteiger partial charge in [-0.05, 0) is 35.9 Å². The van der Waals surface area contributed by atoms with Crippen LogP contribution >= 0.6 is 11.6 Å². The predicted octanol–water partition coefficient (Wildman–Crippen LogP) is 2.48. The first-order valence-corrected chi connectivity index (χ1v) is 5.66. The monoisotopic (exact) mass is 260 g/mol. The van der Waals surface area contributed by atoms with E-state index in [0.29, 0.717) is 5.65 Å². The molecule has 6 heteroatoms. The molecular formula is C12H9ClN4O. The van der Waals surface area contributed by atoms with Gasteiger partial charge in [-0.25, -0.2) is 9.67 Å². The Labute approximate surface area is 108 Å². The molecule has 0 amide bonds. The fraction of sp³-hybridized carbons (Fsp3) is 0.0833. The van der Waals surface area contributed by atoms with Gasteiger partial charge in [-0.3, -0.25) is 0 Å². The summed E-state index contributed by atoms with van der Waals surface area (Å²) in [6.07, 6.45) is 3.35. The zero-order valence-corrected chi connectivity index (χ0v) is 10.3. The fourth-order valence-electron chi connectivity index (χ4n) is 1.71. The van der Waals surface area contributed by atoms with Gasteiger partial charge in [0.1, 0.15) is 5.75 Å². The lowest BCUT2D eigenvalue weighted by atomic mass is 10.3. The van der Waals surface area contributed by atoms with Crippen molar-refractivity contribution in [1.29, 1.82) is 0 Å². The smallest absolute Gasteiger partial charge is 0.224 e. The highest BCUT2D eigenvalue weighted by Gasteiger charge is 2.07. The molecule has 0 spiro atoms. The van der Waals surface area contributed by atoms with Crippen LogP contribution in [-0.4, -0.2) is 26.9 Å². The van der Waals surface area contributed by atoms with Crippen LogP contribution in [0.25, 0.3) is 16.7 Å². The highest BCUT2D eigenvalue weighted by molar-refractivity contribution is 6.28. The van der Waals surface area contributed by atoms with Crippen molar-refractivity contribution in [2.45, 2.75) is 0 Å². The Hall–Kier alpha value is -2.14. The molecule has 18 heavy (non-hydrogen) atoms. The molecule has 0 aliphatic carbocycles. The Bertz CT molecular complexity index is 693. The average molecular weight is 261 g/mol. The lowest BCUT2D eigenvalue weighted by Gasteiger charge is -2.04. The van der Waals surface area contributed by atoms with Gasteiger partial charge in [-0.15, -0.1) is 0 Å². The number of hydrogen-bond acceptors (Lipinski definition) is 4. The van der Waals surface area contributed by atoms with Crippen molar-refractivity contribution in [1.82, 2.24) is 19.7 Å². The van der Waals surface area contributed by atoms with E-state index >= 15 is 0 Å². The Balaban J connectivity index is 2.15. The topological polar surface area (TPSA) is 52.8 Å². The van der Waals surface area contributed by atoms with Crippen LogP contribution < -0.4 is 4.74 Å². The standard InChI is InChI=1S/C12H9ClN4O/c1-18-10-4-2-9(3-5-10)17-11-8(7-15-17)6-14-12(13)16-11/h2-7H,1H3. The van der Waals surface area contributed by atoms with E-state index in [1.54, 1.807) is 24.2 Å². The lowest BCUT2D eigenvalue weighted by Crippen LogP contribution is -1.98. The SMILES string of the molecule is COc1ccc(-n2ncc3cnc(Cl)nc32)cc1. The molecule has 5 nitrogen and oxygen atoms in total. The van der Waals surface area contributed by atoms with E-state index in [9.17, 15) is 0 Å². The minimum atomic E-state index is 0.206. The number of nitrogens with zero attached hydrogens (tertiary/aromatic N) is 4. The Morgan fingerprint density at radius 1 is 1.17 bits per heavy atom. The van der Waals surface area contributed by atoms with Gasteiger partial charge in [0.2, 0.25) is 5.28 Å². The number of fused-ring (bicyclic) bond motifs is 1. The molecule has 1 aromatic carbocycles. The summed E-state index contributed by atoms with van der Waals surface area (Å²) in [7, 11) is 1.63. The summed E-state index contributed by atoms with van der Waals surface area (Å²) in [6, 6.07) is 7.54. The molecule has 90 valence electrons. The lowest BCUT2D eigenvalue weighted by molar-refractivity contribution is 0.414. The van der Waals surface area contributed by atoms with E-state index in [0.717, 1.165) is 16.8 Å². The van der Waals surface area contributed by atoms with E-state index in [1.165, 1.54) is 0 Å². The summed E-state index contributed by atoms with van der Waals surface area (Å²) >= 11 is 5.80. The molecule has 2 heterocycles. The predicted molar refractivity (Wildman–Crippen MR) is 68.2 cm³/mol. The molecule has 3 aromatic rings. The number of ether oxygens (including phenoxy) is 1. The Kier molecular flexibility index (Phi) is 2.60. The number of methoxy groups -OCH3 is 1. The first-order chi connectivity index (χ1) is 8.78. The maximum Gasteiger partial charge on any atom is 0.224 e. The molecule has 0 fully saturated rings. The van der Waals surface area contributed by atoms with Gasteiger partial charge < -0.3 is 4.74 Å². The number of rotatable bonds is 2. The van der Waals surface area contributed by atoms with Crippen LogP contribution in [0, 0.1) is 0 Å². The zero-order chi connectivity index (χ0) is 12.5. The Morgan fingerprint density at radius 2 is 1.94 bits per heavy atom. The molecule has 0 aliphatic heterocycles. The minimum Gasteiger partial charge on any atom is -0.497 e. The van der Waals surface area contributed by atoms with E-state index < -0.39 is 0 Å². The van der Waals surface area contributed by atoms with Crippen LogP contribution in [0.3, 0.4) is 0 Å². The van der Waals surface area contributed by atoms with E-state index in [4.69, 9.17) is 16.3 Å². The highest BCUT2D eigenvalue weighted by atomic mass is 35.5. The van der Waals surface area contributed by atoms with Gasteiger partial charge in [-0.1, -0.05) is 0 Å². The molecule has 0 radical (unpaired) electrons. The maximum atomic E-state index is 5.80. The summed E-state index contributed by atoms with van der Waals surface area (Å²) < 4.78 is 6.83. The molecule has 0 saturated carbocycles. The van der Waals surface area contributed by atoms with Gasteiger partial charge in [0.15, 0.2) is 5.65 Å². The highest BCUT2D eigenvalue weighted by Crippen LogP contribution is 2.19. The van der Waals surface area contributed by atoms with Crippen molar-refractivity contribution in [3.8, 4) is 11.4 Å². The van der Waals surface area contributed by atoms with E-state index in [-0.39, 0.29) is 5.28 Å². The van der Waals surface area contributed by atoms with E-state index in [1.807, 2.05) is 24.3 Å². The average Bonchev–Trinajstić information content (AvgIpc) is 2.82. The van der Waals surface area contributed by atoms with Crippen molar-refractivity contribution in [3.05, 3.63) is 41.9 Å². The van der Waals surface area contributed by atoms with Gasteiger partial charge in [0.05, 0.1) is 24.4 Å². The second-order valence-corrected chi connectivity index (χ2v) is 4.01. The first-order valence-electron chi connectivity index (χ1n) is 5.28. The zero-order valence-electron chi connectivity index (χ0n) is 9.54. The molecule has 0 bridgehead atoms. The quantitative estimate of drug-likeness (QED) is 0.664. The van der Waals surface area contributed by atoms with Crippen LogP contribution in [0.4, 0.5) is 0 Å². The first kappa shape index (κ1) is 11.0. The summed E-state index contributed by atoms with van der Waals surface area (Å²) in [5, 5.41) is 5.33. The summed E-state index contributed by atoms with van der Waals surface area (Å²) in [4.78, 5) is 8.10. The molecule has 0 N–H and O–H groups in total. The van der Waals surface area contributed by atoms with Crippen LogP contribution in [0.2, 0.25) is 5.28 Å². The second-order valence-electron chi connectivity index (χ2n) is 3.67. The van der Waals surface area contributed by atoms with Gasteiger partial charge in [0.25, 0.3) is 0 Å². The third kappa shape index (κ3) is 1.78. The third-order valence-corrected chi connectivity index (χ3v) is 2.78. The number of aromatic nitrogens is 4. The summed E-state index contributed by atoms with van der Waals surface area (Å²) in [5.41, 5.74) is 1.57. The molecular weight excluding hydrogens is 252 g/mol. The number of benzene rings is 1. The molecule has 0 saturated heterocycles. The molecule has 3 rings (SSSR count). The van der Waals surface area contributed by atoms with Gasteiger partial charge in [0, 0.05) is 6.20 Å².